The van der Waals surface area contributed by atoms with E-state index in [-0.39, 0.29) is 23.0 Å². The van der Waals surface area contributed by atoms with Gasteiger partial charge in [0.15, 0.2) is 0 Å². The van der Waals surface area contributed by atoms with Gasteiger partial charge in [-0.25, -0.2) is 8.42 Å². The average molecular weight is 303 g/mol. The summed E-state index contributed by atoms with van der Waals surface area (Å²) in [4.78, 5) is 0.189. The highest BCUT2D eigenvalue weighted by molar-refractivity contribution is 7.89. The summed E-state index contributed by atoms with van der Waals surface area (Å²) in [6, 6.07) is -0.131. The number of nitrogens with zero attached hydrogens (tertiary/aromatic N) is 3. The minimum atomic E-state index is -3.54. The van der Waals surface area contributed by atoms with Crippen molar-refractivity contribution in [2.45, 2.75) is 51.6 Å². The third kappa shape index (κ3) is 3.80. The van der Waals surface area contributed by atoms with Crippen molar-refractivity contribution < 1.29 is 13.5 Å². The molecule has 1 rings (SSSR count). The van der Waals surface area contributed by atoms with Crippen molar-refractivity contribution in [3.63, 3.8) is 0 Å². The molecule has 0 spiro atoms. The lowest BCUT2D eigenvalue weighted by Crippen LogP contribution is -2.42. The maximum absolute atomic E-state index is 12.5. The first-order chi connectivity index (χ1) is 9.10. The largest absolute Gasteiger partial charge is 0.396 e. The molecule has 20 heavy (non-hydrogen) atoms. The van der Waals surface area contributed by atoms with E-state index in [0.717, 1.165) is 0 Å². The normalized spacial score (nSPS) is 14.8. The number of sulfonamides is 1. The van der Waals surface area contributed by atoms with Crippen molar-refractivity contribution in [2.75, 3.05) is 13.7 Å². The molecule has 0 fully saturated rings. The molecule has 1 heterocycles. The molecule has 1 N–H and O–H groups in total. The zero-order valence-electron chi connectivity index (χ0n) is 12.9. The Morgan fingerprint density at radius 3 is 2.55 bits per heavy atom. The minimum Gasteiger partial charge on any atom is -0.396 e. The van der Waals surface area contributed by atoms with Gasteiger partial charge in [-0.15, -0.1) is 0 Å². The van der Waals surface area contributed by atoms with Crippen molar-refractivity contribution in [1.82, 2.24) is 14.1 Å². The van der Waals surface area contributed by atoms with Crippen molar-refractivity contribution in [3.05, 3.63) is 12.4 Å². The molecule has 0 saturated heterocycles. The molecule has 6 nitrogen and oxygen atoms in total. The van der Waals surface area contributed by atoms with Crippen LogP contribution in [0.1, 0.15) is 34.1 Å². The Balaban J connectivity index is 2.96. The van der Waals surface area contributed by atoms with E-state index in [0.29, 0.717) is 13.0 Å². The molecule has 1 unspecified atom stereocenters. The third-order valence-corrected chi connectivity index (χ3v) is 5.51. The van der Waals surface area contributed by atoms with Gasteiger partial charge in [0.2, 0.25) is 10.0 Å². The maximum atomic E-state index is 12.5. The second-order valence-electron chi connectivity index (χ2n) is 6.08. The fourth-order valence-corrected chi connectivity index (χ4v) is 3.25. The Labute approximate surface area is 121 Å². The fraction of sp³-hybridized carbons (Fsp3) is 0.769. The Bertz CT molecular complexity index is 531. The molecular formula is C13H25N3O3S. The van der Waals surface area contributed by atoms with Crippen LogP contribution in [0.5, 0.6) is 0 Å². The van der Waals surface area contributed by atoms with Gasteiger partial charge in [-0.3, -0.25) is 4.68 Å². The summed E-state index contributed by atoms with van der Waals surface area (Å²) in [6.07, 6.45) is 3.42. The van der Waals surface area contributed by atoms with Crippen LogP contribution in [0.15, 0.2) is 17.3 Å². The van der Waals surface area contributed by atoms with Gasteiger partial charge < -0.3 is 5.11 Å². The van der Waals surface area contributed by atoms with Crippen LogP contribution in [0.4, 0.5) is 0 Å². The Morgan fingerprint density at radius 2 is 2.05 bits per heavy atom. The van der Waals surface area contributed by atoms with E-state index in [2.05, 4.69) is 5.10 Å². The molecule has 0 amide bonds. The van der Waals surface area contributed by atoms with Crippen molar-refractivity contribution in [2.24, 2.45) is 5.41 Å². The van der Waals surface area contributed by atoms with Crippen LogP contribution in [0, 0.1) is 5.41 Å². The molecule has 0 saturated carbocycles. The van der Waals surface area contributed by atoms with E-state index >= 15 is 0 Å². The summed E-state index contributed by atoms with van der Waals surface area (Å²) in [5, 5.41) is 12.8. The summed E-state index contributed by atoms with van der Waals surface area (Å²) in [7, 11) is -1.94. The highest BCUT2D eigenvalue weighted by atomic mass is 32.2. The first-order valence-corrected chi connectivity index (χ1v) is 8.16. The van der Waals surface area contributed by atoms with Crippen LogP contribution in [0.25, 0.3) is 0 Å². The molecule has 7 heteroatoms. The summed E-state index contributed by atoms with van der Waals surface area (Å²) in [5.41, 5.74) is -0.144. The lowest BCUT2D eigenvalue weighted by Gasteiger charge is -2.34. The van der Waals surface area contributed by atoms with Gasteiger partial charge in [-0.05, 0) is 18.8 Å². The van der Waals surface area contributed by atoms with E-state index in [9.17, 15) is 8.42 Å². The second kappa shape index (κ2) is 6.24. The molecule has 0 bridgehead atoms. The van der Waals surface area contributed by atoms with E-state index < -0.39 is 10.0 Å². The van der Waals surface area contributed by atoms with Gasteiger partial charge in [-0.1, -0.05) is 20.8 Å². The molecular weight excluding hydrogens is 278 g/mol. The Hall–Kier alpha value is -0.920. The van der Waals surface area contributed by atoms with Crippen LogP contribution in [-0.4, -0.2) is 47.3 Å². The number of hydrogen-bond acceptors (Lipinski definition) is 4. The highest BCUT2D eigenvalue weighted by Gasteiger charge is 2.33. The SMILES string of the molecule is CC(N(C)S(=O)(=O)c1cnn(CCCO)c1)C(C)(C)C. The minimum absolute atomic E-state index is 0.0584. The molecule has 0 aliphatic carbocycles. The second-order valence-corrected chi connectivity index (χ2v) is 8.08. The predicted octanol–water partition coefficient (Wildman–Crippen LogP) is 1.32. The quantitative estimate of drug-likeness (QED) is 0.860. The van der Waals surface area contributed by atoms with Crippen molar-refractivity contribution >= 4 is 10.0 Å². The predicted molar refractivity (Wildman–Crippen MR) is 77.8 cm³/mol. The first-order valence-electron chi connectivity index (χ1n) is 6.72. The van der Waals surface area contributed by atoms with Crippen molar-refractivity contribution in [1.29, 1.82) is 0 Å². The number of aromatic nitrogens is 2. The fourth-order valence-electron chi connectivity index (χ4n) is 1.75. The number of hydrogen-bond donors (Lipinski definition) is 1. The van der Waals surface area contributed by atoms with Crippen LogP contribution in [0.3, 0.4) is 0 Å². The number of aliphatic hydroxyl groups excluding tert-OH is 1. The molecule has 1 aromatic heterocycles. The van der Waals surface area contributed by atoms with Gasteiger partial charge in [0.05, 0.1) is 6.20 Å². The summed E-state index contributed by atoms with van der Waals surface area (Å²) in [5.74, 6) is 0. The monoisotopic (exact) mass is 303 g/mol. The molecule has 1 aromatic rings. The van der Waals surface area contributed by atoms with E-state index in [1.165, 1.54) is 16.7 Å². The van der Waals surface area contributed by atoms with E-state index in [4.69, 9.17) is 5.11 Å². The Kier molecular flexibility index (Phi) is 5.34. The lowest BCUT2D eigenvalue weighted by molar-refractivity contribution is 0.216. The van der Waals surface area contributed by atoms with E-state index in [1.807, 2.05) is 27.7 Å². The molecule has 116 valence electrons. The molecule has 0 aliphatic rings. The van der Waals surface area contributed by atoms with Crippen LogP contribution >= 0.6 is 0 Å². The molecule has 1 atom stereocenters. The average Bonchev–Trinajstić information content (AvgIpc) is 2.82. The van der Waals surface area contributed by atoms with Gasteiger partial charge in [0, 0.05) is 32.4 Å². The summed E-state index contributed by atoms with van der Waals surface area (Å²) >= 11 is 0. The topological polar surface area (TPSA) is 75.4 Å². The summed E-state index contributed by atoms with van der Waals surface area (Å²) in [6.45, 7) is 8.48. The molecule has 0 aromatic carbocycles. The molecule has 0 aliphatic heterocycles. The highest BCUT2D eigenvalue weighted by Crippen LogP contribution is 2.27. The van der Waals surface area contributed by atoms with E-state index in [1.54, 1.807) is 11.7 Å². The van der Waals surface area contributed by atoms with Gasteiger partial charge in [0.1, 0.15) is 4.90 Å². The zero-order valence-corrected chi connectivity index (χ0v) is 13.7. The standard InChI is InChI=1S/C13H25N3O3S/c1-11(13(2,3)4)15(5)20(18,19)12-9-14-16(10-12)7-6-8-17/h9-11,17H,6-8H2,1-5H3. The summed E-state index contributed by atoms with van der Waals surface area (Å²) < 4.78 is 28.0. The van der Waals surface area contributed by atoms with Crippen LogP contribution in [-0.2, 0) is 16.6 Å². The number of aryl methyl sites for hydroxylation is 1. The molecule has 0 radical (unpaired) electrons. The number of aliphatic hydroxyl groups is 1. The smallest absolute Gasteiger partial charge is 0.246 e. The van der Waals surface area contributed by atoms with Gasteiger partial charge in [0.25, 0.3) is 0 Å². The maximum Gasteiger partial charge on any atom is 0.246 e. The first kappa shape index (κ1) is 17.1. The van der Waals surface area contributed by atoms with Gasteiger partial charge in [-0.2, -0.15) is 9.40 Å². The lowest BCUT2D eigenvalue weighted by atomic mass is 9.88. The third-order valence-electron chi connectivity index (χ3n) is 3.63. The van der Waals surface area contributed by atoms with Gasteiger partial charge >= 0.3 is 0 Å². The van der Waals surface area contributed by atoms with Crippen LogP contribution < -0.4 is 0 Å². The number of rotatable bonds is 6. The van der Waals surface area contributed by atoms with Crippen LogP contribution in [0.2, 0.25) is 0 Å². The Morgan fingerprint density at radius 1 is 1.45 bits per heavy atom. The van der Waals surface area contributed by atoms with Crippen molar-refractivity contribution in [3.8, 4) is 0 Å². The zero-order chi connectivity index (χ0) is 15.6.